The Morgan fingerprint density at radius 3 is 3.10 bits per heavy atom. The lowest BCUT2D eigenvalue weighted by molar-refractivity contribution is -0.0349. The van der Waals surface area contributed by atoms with Gasteiger partial charge in [-0.25, -0.2) is 4.98 Å². The zero-order valence-electron chi connectivity index (χ0n) is 12.2. The number of nitrogen functional groups attached to an aromatic ring is 1. The van der Waals surface area contributed by atoms with E-state index in [4.69, 9.17) is 10.5 Å². The van der Waals surface area contributed by atoms with Crippen molar-refractivity contribution in [3.63, 3.8) is 0 Å². The molecule has 0 aromatic carbocycles. The molecule has 0 amide bonds. The van der Waals surface area contributed by atoms with Gasteiger partial charge < -0.3 is 10.5 Å². The Morgan fingerprint density at radius 1 is 1.38 bits per heavy atom. The fraction of sp³-hybridized carbons (Fsp3) is 0.375. The van der Waals surface area contributed by atoms with Gasteiger partial charge in [0.05, 0.1) is 12.3 Å². The minimum atomic E-state index is -0.00982. The fourth-order valence-corrected chi connectivity index (χ4v) is 2.59. The maximum atomic E-state index is 5.85. The molecule has 1 fully saturated rings. The summed E-state index contributed by atoms with van der Waals surface area (Å²) in [6.45, 7) is 5.49. The molecular formula is C16H20N4O. The zero-order chi connectivity index (χ0) is 14.7. The van der Waals surface area contributed by atoms with Gasteiger partial charge in [-0.1, -0.05) is 6.07 Å². The molecule has 0 saturated carbocycles. The topological polar surface area (TPSA) is 64.3 Å². The molecule has 1 atom stereocenters. The highest BCUT2D eigenvalue weighted by Crippen LogP contribution is 2.22. The summed E-state index contributed by atoms with van der Waals surface area (Å²) in [5.41, 5.74) is 9.20. The van der Waals surface area contributed by atoms with Crippen molar-refractivity contribution in [1.29, 1.82) is 0 Å². The van der Waals surface area contributed by atoms with Crippen molar-refractivity contribution in [2.45, 2.75) is 19.6 Å². The van der Waals surface area contributed by atoms with Crippen LogP contribution in [0.2, 0.25) is 0 Å². The van der Waals surface area contributed by atoms with Crippen molar-refractivity contribution in [3.8, 4) is 0 Å². The summed E-state index contributed by atoms with van der Waals surface area (Å²) < 4.78 is 5.85. The zero-order valence-corrected chi connectivity index (χ0v) is 12.2. The predicted octanol–water partition coefficient (Wildman–Crippen LogP) is 1.94. The lowest BCUT2D eigenvalue weighted by Crippen LogP contribution is -2.38. The van der Waals surface area contributed by atoms with Crippen molar-refractivity contribution in [1.82, 2.24) is 14.9 Å². The Morgan fingerprint density at radius 2 is 2.29 bits per heavy atom. The van der Waals surface area contributed by atoms with Crippen LogP contribution in [0.5, 0.6) is 0 Å². The van der Waals surface area contributed by atoms with Crippen molar-refractivity contribution in [2.75, 3.05) is 25.4 Å². The molecule has 5 nitrogen and oxygen atoms in total. The number of ether oxygens (including phenoxy) is 1. The molecule has 110 valence electrons. The van der Waals surface area contributed by atoms with Crippen molar-refractivity contribution >= 4 is 5.82 Å². The number of rotatable bonds is 3. The van der Waals surface area contributed by atoms with Gasteiger partial charge in [-0.15, -0.1) is 0 Å². The fourth-order valence-electron chi connectivity index (χ4n) is 2.59. The minimum Gasteiger partial charge on any atom is -0.384 e. The van der Waals surface area contributed by atoms with E-state index in [9.17, 15) is 0 Å². The summed E-state index contributed by atoms with van der Waals surface area (Å²) in [5, 5.41) is 0. The van der Waals surface area contributed by atoms with Gasteiger partial charge in [-0.05, 0) is 36.2 Å². The van der Waals surface area contributed by atoms with E-state index in [1.807, 2.05) is 24.5 Å². The van der Waals surface area contributed by atoms with E-state index in [-0.39, 0.29) is 6.10 Å². The lowest BCUT2D eigenvalue weighted by atomic mass is 10.1. The number of pyridine rings is 2. The van der Waals surface area contributed by atoms with Crippen LogP contribution in [0.4, 0.5) is 5.82 Å². The first-order chi connectivity index (χ1) is 10.2. The summed E-state index contributed by atoms with van der Waals surface area (Å²) in [6, 6.07) is 7.78. The SMILES string of the molecule is Cc1cnccc1CN1CCO[C@H](c2cccc(N)n2)C1. The molecule has 1 aliphatic rings. The van der Waals surface area contributed by atoms with Gasteiger partial charge in [-0.2, -0.15) is 0 Å². The molecule has 1 saturated heterocycles. The molecule has 3 rings (SSSR count). The van der Waals surface area contributed by atoms with Crippen LogP contribution in [-0.2, 0) is 11.3 Å². The van der Waals surface area contributed by atoms with Crippen LogP contribution in [0, 0.1) is 6.92 Å². The summed E-state index contributed by atoms with van der Waals surface area (Å²) in [4.78, 5) is 10.9. The number of hydrogen-bond donors (Lipinski definition) is 1. The number of nitrogens with two attached hydrogens (primary N) is 1. The quantitative estimate of drug-likeness (QED) is 0.933. The number of aryl methyl sites for hydroxylation is 1. The van der Waals surface area contributed by atoms with Gasteiger partial charge >= 0.3 is 0 Å². The number of morpholine rings is 1. The second-order valence-electron chi connectivity index (χ2n) is 5.38. The van der Waals surface area contributed by atoms with E-state index < -0.39 is 0 Å². The lowest BCUT2D eigenvalue weighted by Gasteiger charge is -2.33. The van der Waals surface area contributed by atoms with Gasteiger partial charge in [-0.3, -0.25) is 9.88 Å². The van der Waals surface area contributed by atoms with E-state index in [0.29, 0.717) is 12.4 Å². The van der Waals surface area contributed by atoms with Crippen LogP contribution in [0.15, 0.2) is 36.7 Å². The van der Waals surface area contributed by atoms with Crippen LogP contribution >= 0.6 is 0 Å². The third kappa shape index (κ3) is 3.37. The molecule has 0 aliphatic carbocycles. The largest absolute Gasteiger partial charge is 0.384 e. The molecule has 2 aromatic heterocycles. The molecule has 2 N–H and O–H groups in total. The van der Waals surface area contributed by atoms with E-state index >= 15 is 0 Å². The van der Waals surface area contributed by atoms with Crippen molar-refractivity contribution in [2.24, 2.45) is 0 Å². The molecule has 0 unspecified atom stereocenters. The third-order valence-corrected chi connectivity index (χ3v) is 3.80. The van der Waals surface area contributed by atoms with E-state index in [0.717, 1.165) is 25.3 Å². The standard InChI is InChI=1S/C16H20N4O/c1-12-9-18-6-5-13(12)10-20-7-8-21-15(11-20)14-3-2-4-16(17)19-14/h2-6,9,15H,7-8,10-11H2,1H3,(H2,17,19)/t15-/m0/s1. The first-order valence-electron chi connectivity index (χ1n) is 7.18. The highest BCUT2D eigenvalue weighted by molar-refractivity contribution is 5.29. The van der Waals surface area contributed by atoms with Gasteiger partial charge in [0.15, 0.2) is 0 Å². The van der Waals surface area contributed by atoms with Crippen LogP contribution in [0.1, 0.15) is 22.9 Å². The average molecular weight is 284 g/mol. The third-order valence-electron chi connectivity index (χ3n) is 3.80. The highest BCUT2D eigenvalue weighted by Gasteiger charge is 2.23. The number of hydrogen-bond acceptors (Lipinski definition) is 5. The normalized spacial score (nSPS) is 19.6. The first-order valence-corrected chi connectivity index (χ1v) is 7.18. The summed E-state index contributed by atoms with van der Waals surface area (Å²) in [5.74, 6) is 0.540. The molecule has 0 spiro atoms. The minimum absolute atomic E-state index is 0.00982. The van der Waals surface area contributed by atoms with Gasteiger partial charge in [0.2, 0.25) is 0 Å². The summed E-state index contributed by atoms with van der Waals surface area (Å²) in [6.07, 6.45) is 3.75. The van der Waals surface area contributed by atoms with Crippen LogP contribution in [0.25, 0.3) is 0 Å². The maximum Gasteiger partial charge on any atom is 0.123 e. The number of anilines is 1. The molecule has 1 aliphatic heterocycles. The molecule has 0 radical (unpaired) electrons. The molecule has 3 heterocycles. The Labute approximate surface area is 124 Å². The average Bonchev–Trinajstić information content (AvgIpc) is 2.50. The highest BCUT2D eigenvalue weighted by atomic mass is 16.5. The van der Waals surface area contributed by atoms with Crippen molar-refractivity contribution in [3.05, 3.63) is 53.5 Å². The Balaban J connectivity index is 1.70. The maximum absolute atomic E-state index is 5.85. The van der Waals surface area contributed by atoms with Crippen LogP contribution < -0.4 is 5.73 Å². The Hall–Kier alpha value is -1.98. The molecule has 5 heteroatoms. The van der Waals surface area contributed by atoms with Gasteiger partial charge in [0.1, 0.15) is 11.9 Å². The molecule has 0 bridgehead atoms. The molecule has 21 heavy (non-hydrogen) atoms. The number of nitrogens with zero attached hydrogens (tertiary/aromatic N) is 3. The second kappa shape index (κ2) is 6.20. The van der Waals surface area contributed by atoms with Crippen molar-refractivity contribution < 1.29 is 4.74 Å². The Kier molecular flexibility index (Phi) is 4.13. The Bertz CT molecular complexity index is 617. The van der Waals surface area contributed by atoms with Gasteiger partial charge in [0, 0.05) is 32.0 Å². The van der Waals surface area contributed by atoms with Gasteiger partial charge in [0.25, 0.3) is 0 Å². The summed E-state index contributed by atoms with van der Waals surface area (Å²) in [7, 11) is 0. The van der Waals surface area contributed by atoms with Crippen LogP contribution in [0.3, 0.4) is 0 Å². The van der Waals surface area contributed by atoms with E-state index in [1.54, 1.807) is 6.07 Å². The summed E-state index contributed by atoms with van der Waals surface area (Å²) >= 11 is 0. The predicted molar refractivity (Wildman–Crippen MR) is 81.6 cm³/mol. The molecular weight excluding hydrogens is 264 g/mol. The first kappa shape index (κ1) is 14.0. The smallest absolute Gasteiger partial charge is 0.123 e. The monoisotopic (exact) mass is 284 g/mol. The van der Waals surface area contributed by atoms with Crippen LogP contribution in [-0.4, -0.2) is 34.6 Å². The van der Waals surface area contributed by atoms with E-state index in [2.05, 4.69) is 27.9 Å². The van der Waals surface area contributed by atoms with E-state index in [1.165, 1.54) is 11.1 Å². The number of aromatic nitrogens is 2. The second-order valence-corrected chi connectivity index (χ2v) is 5.38. The molecule has 2 aromatic rings.